The number of Topliss-reactive ketones (excluding diaryl/α,β-unsaturated/α-hetero) is 1. The van der Waals surface area contributed by atoms with Crippen LogP contribution in [0.3, 0.4) is 0 Å². The second kappa shape index (κ2) is 9.77. The van der Waals surface area contributed by atoms with Crippen molar-refractivity contribution >= 4 is 29.1 Å². The summed E-state index contributed by atoms with van der Waals surface area (Å²) in [6.45, 7) is 9.93. The van der Waals surface area contributed by atoms with Crippen LogP contribution >= 0.6 is 11.6 Å². The molecule has 34 heavy (non-hydrogen) atoms. The molecule has 2 aromatic carbocycles. The van der Waals surface area contributed by atoms with Crippen LogP contribution < -0.4 is 14.8 Å². The first-order valence-electron chi connectivity index (χ1n) is 11.2. The van der Waals surface area contributed by atoms with E-state index in [4.69, 9.17) is 25.8 Å². The van der Waals surface area contributed by atoms with Crippen molar-refractivity contribution in [2.75, 3.05) is 19.8 Å². The number of fused-ring (bicyclic) bond motifs is 2. The minimum Gasteiger partial charge on any atom is -0.490 e. The van der Waals surface area contributed by atoms with Crippen molar-refractivity contribution in [2.24, 2.45) is 0 Å². The summed E-state index contributed by atoms with van der Waals surface area (Å²) in [5.74, 6) is -0.515. The number of ether oxygens (including phenoxy) is 3. The lowest BCUT2D eigenvalue weighted by molar-refractivity contribution is -0.138. The monoisotopic (exact) mass is 479 g/mol. The number of allylic oxidation sites excluding steroid dienone is 2. The van der Waals surface area contributed by atoms with Crippen molar-refractivity contribution < 1.29 is 23.8 Å². The van der Waals surface area contributed by atoms with E-state index in [0.29, 0.717) is 56.8 Å². The number of hydrogen-bond donors (Lipinski definition) is 1. The lowest BCUT2D eigenvalue weighted by Gasteiger charge is -2.30. The first-order chi connectivity index (χ1) is 16.4. The van der Waals surface area contributed by atoms with E-state index in [1.807, 2.05) is 25.1 Å². The van der Waals surface area contributed by atoms with Crippen LogP contribution in [-0.4, -0.2) is 31.6 Å². The fourth-order valence-electron chi connectivity index (χ4n) is 4.44. The largest absolute Gasteiger partial charge is 0.490 e. The molecule has 1 aliphatic heterocycles. The number of ketones is 1. The smallest absolute Gasteiger partial charge is 0.336 e. The van der Waals surface area contributed by atoms with Crippen LogP contribution in [0.4, 0.5) is 0 Å². The molecule has 0 unspecified atom stereocenters. The molecular weight excluding hydrogens is 454 g/mol. The van der Waals surface area contributed by atoms with Crippen LogP contribution in [0.5, 0.6) is 11.5 Å². The molecule has 2 aromatic rings. The van der Waals surface area contributed by atoms with Gasteiger partial charge < -0.3 is 19.5 Å². The maximum absolute atomic E-state index is 13.6. The Morgan fingerprint density at radius 1 is 1.15 bits per heavy atom. The third-order valence-corrected chi connectivity index (χ3v) is 6.04. The van der Waals surface area contributed by atoms with Crippen LogP contribution in [0, 0.1) is 0 Å². The van der Waals surface area contributed by atoms with Crippen LogP contribution in [-0.2, 0) is 9.53 Å². The highest BCUT2D eigenvalue weighted by molar-refractivity contribution is 6.32. The quantitative estimate of drug-likeness (QED) is 0.401. The molecule has 0 bridgehead atoms. The van der Waals surface area contributed by atoms with Crippen LogP contribution in [0.25, 0.3) is 5.70 Å². The topological polar surface area (TPSA) is 73.9 Å². The molecule has 1 N–H and O–H groups in total. The third kappa shape index (κ3) is 3.99. The van der Waals surface area contributed by atoms with Crippen LogP contribution in [0.15, 0.2) is 65.9 Å². The number of esters is 1. The fourth-order valence-corrected chi connectivity index (χ4v) is 4.72. The molecule has 0 fully saturated rings. The van der Waals surface area contributed by atoms with Gasteiger partial charge in [-0.15, -0.1) is 0 Å². The number of carbonyl (C=O) groups is 2. The lowest BCUT2D eigenvalue weighted by atomic mass is 9.79. The number of benzene rings is 2. The van der Waals surface area contributed by atoms with E-state index in [1.54, 1.807) is 38.1 Å². The second-order valence-electron chi connectivity index (χ2n) is 7.84. The predicted molar refractivity (Wildman–Crippen MR) is 131 cm³/mol. The molecule has 0 radical (unpaired) electrons. The zero-order valence-corrected chi connectivity index (χ0v) is 20.1. The molecule has 1 aliphatic carbocycles. The van der Waals surface area contributed by atoms with E-state index in [9.17, 15) is 9.59 Å². The summed E-state index contributed by atoms with van der Waals surface area (Å²) in [5, 5.41) is 3.60. The van der Waals surface area contributed by atoms with Gasteiger partial charge in [0.25, 0.3) is 0 Å². The van der Waals surface area contributed by atoms with Gasteiger partial charge in [-0.1, -0.05) is 48.5 Å². The van der Waals surface area contributed by atoms with E-state index in [-0.39, 0.29) is 19.0 Å². The molecule has 0 saturated heterocycles. The predicted octanol–water partition coefficient (Wildman–Crippen LogP) is 5.44. The highest BCUT2D eigenvalue weighted by atomic mass is 35.5. The summed E-state index contributed by atoms with van der Waals surface area (Å²) < 4.78 is 16.9. The summed E-state index contributed by atoms with van der Waals surface area (Å²) in [4.78, 5) is 26.7. The number of carbonyl (C=O) groups excluding carboxylic acids is 2. The highest BCUT2D eigenvalue weighted by Crippen LogP contribution is 2.49. The molecule has 6 nitrogen and oxygen atoms in total. The molecule has 4 rings (SSSR count). The Bertz CT molecular complexity index is 1240. The van der Waals surface area contributed by atoms with Gasteiger partial charge in [-0.25, -0.2) is 4.79 Å². The van der Waals surface area contributed by atoms with Crippen molar-refractivity contribution in [3.8, 4) is 11.5 Å². The molecule has 1 atom stereocenters. The van der Waals surface area contributed by atoms with E-state index < -0.39 is 11.9 Å². The van der Waals surface area contributed by atoms with E-state index in [1.165, 1.54) is 0 Å². The molecule has 0 spiro atoms. The number of dihydropyridines is 1. The maximum Gasteiger partial charge on any atom is 0.336 e. The normalized spacial score (nSPS) is 16.6. The first kappa shape index (κ1) is 23.6. The van der Waals surface area contributed by atoms with Gasteiger partial charge in [-0.05, 0) is 38.5 Å². The molecule has 176 valence electrons. The van der Waals surface area contributed by atoms with Crippen LogP contribution in [0.1, 0.15) is 48.2 Å². The summed E-state index contributed by atoms with van der Waals surface area (Å²) in [6.07, 6.45) is 1.61. The van der Waals surface area contributed by atoms with Gasteiger partial charge in [0, 0.05) is 28.3 Å². The average Bonchev–Trinajstić information content (AvgIpc) is 3.09. The molecule has 7 heteroatoms. The Morgan fingerprint density at radius 2 is 1.88 bits per heavy atom. The first-order valence-corrected chi connectivity index (χ1v) is 11.5. The van der Waals surface area contributed by atoms with Crippen molar-refractivity contribution in [3.63, 3.8) is 0 Å². The summed E-state index contributed by atoms with van der Waals surface area (Å²) in [6, 6.07) is 10.9. The SMILES string of the molecule is C=CCOc1c(Cl)cc([C@@H]2C(C(=O)OCC)=C(C)NC3=C2C(=O)c2ccccc23)cc1OCC. The molecule has 1 heterocycles. The van der Waals surface area contributed by atoms with Crippen LogP contribution in [0.2, 0.25) is 5.02 Å². The minimum atomic E-state index is -0.694. The Hall–Kier alpha value is -3.51. The Morgan fingerprint density at radius 3 is 2.56 bits per heavy atom. The number of hydrogen-bond acceptors (Lipinski definition) is 6. The Kier molecular flexibility index (Phi) is 6.80. The third-order valence-electron chi connectivity index (χ3n) is 5.75. The van der Waals surface area contributed by atoms with Gasteiger partial charge in [-0.3, -0.25) is 4.79 Å². The Labute approximate surface area is 203 Å². The number of nitrogens with one attached hydrogen (secondary N) is 1. The zero-order valence-electron chi connectivity index (χ0n) is 19.4. The maximum atomic E-state index is 13.6. The average molecular weight is 480 g/mol. The van der Waals surface area contributed by atoms with Crippen molar-refractivity contribution in [3.05, 3.63) is 87.6 Å². The minimum absolute atomic E-state index is 0.140. The van der Waals surface area contributed by atoms with Crippen molar-refractivity contribution in [1.29, 1.82) is 0 Å². The summed E-state index contributed by atoms with van der Waals surface area (Å²) in [7, 11) is 0. The zero-order chi connectivity index (χ0) is 24.4. The lowest BCUT2D eigenvalue weighted by Crippen LogP contribution is -2.29. The fraction of sp³-hybridized carbons (Fsp3) is 0.259. The van der Waals surface area contributed by atoms with Gasteiger partial charge in [0.2, 0.25) is 0 Å². The molecule has 0 amide bonds. The summed E-state index contributed by atoms with van der Waals surface area (Å²) >= 11 is 6.63. The second-order valence-corrected chi connectivity index (χ2v) is 8.25. The molecular formula is C27H26ClNO5. The van der Waals surface area contributed by atoms with E-state index >= 15 is 0 Å². The van der Waals surface area contributed by atoms with E-state index in [2.05, 4.69) is 11.9 Å². The summed E-state index contributed by atoms with van der Waals surface area (Å²) in [5.41, 5.74) is 4.18. The van der Waals surface area contributed by atoms with Crippen molar-refractivity contribution in [2.45, 2.75) is 26.7 Å². The standard InChI is InChI=1S/C27H26ClNO5/c1-5-12-34-26-19(28)13-16(14-20(26)32-6-2)22-21(27(31)33-7-3)15(4)29-24-17-10-8-9-11-18(17)25(30)23(22)24/h5,8-11,13-14,22,29H,1,6-7,12H2,2-4H3/t22-/m1/s1. The molecule has 0 aromatic heterocycles. The Balaban J connectivity index is 1.93. The molecule has 0 saturated carbocycles. The molecule has 2 aliphatic rings. The number of rotatable bonds is 8. The van der Waals surface area contributed by atoms with Gasteiger partial charge in [0.05, 0.1) is 29.5 Å². The van der Waals surface area contributed by atoms with Gasteiger partial charge >= 0.3 is 5.97 Å². The van der Waals surface area contributed by atoms with Gasteiger partial charge in [0.1, 0.15) is 6.61 Å². The van der Waals surface area contributed by atoms with E-state index in [0.717, 1.165) is 5.56 Å². The van der Waals surface area contributed by atoms with Gasteiger partial charge in [0.15, 0.2) is 17.3 Å². The van der Waals surface area contributed by atoms with Gasteiger partial charge in [-0.2, -0.15) is 0 Å². The number of halogens is 1. The highest BCUT2D eigenvalue weighted by Gasteiger charge is 2.43. The van der Waals surface area contributed by atoms with Crippen molar-refractivity contribution in [1.82, 2.24) is 5.32 Å².